The summed E-state index contributed by atoms with van der Waals surface area (Å²) >= 11 is 0. The highest BCUT2D eigenvalue weighted by molar-refractivity contribution is 5.80. The molecular weight excluding hydrogens is 486 g/mol. The smallest absolute Gasteiger partial charge is 0.229 e. The second-order valence-corrected chi connectivity index (χ2v) is 10.6. The molecule has 4 heterocycles. The summed E-state index contributed by atoms with van der Waals surface area (Å²) in [6.07, 6.45) is 5.18. The molecule has 1 fully saturated rings. The number of halogens is 2. The normalized spacial score (nSPS) is 16.4. The van der Waals surface area contributed by atoms with Crippen molar-refractivity contribution in [2.24, 2.45) is 0 Å². The number of anilines is 5. The first-order valence-corrected chi connectivity index (χ1v) is 13.2. The van der Waals surface area contributed by atoms with E-state index >= 15 is 4.39 Å². The first kappa shape index (κ1) is 26.1. The van der Waals surface area contributed by atoms with Gasteiger partial charge in [0.25, 0.3) is 0 Å². The molecule has 0 saturated carbocycles. The largest absolute Gasteiger partial charge is 0.370 e. The Morgan fingerprint density at radius 1 is 0.974 bits per heavy atom. The van der Waals surface area contributed by atoms with E-state index in [-0.39, 0.29) is 17.7 Å². The van der Waals surface area contributed by atoms with Gasteiger partial charge in [-0.3, -0.25) is 0 Å². The minimum Gasteiger partial charge on any atom is -0.370 e. The Labute approximate surface area is 223 Å². The highest BCUT2D eigenvalue weighted by atomic mass is 19.1. The molecule has 8 nitrogen and oxygen atoms in total. The van der Waals surface area contributed by atoms with Crippen molar-refractivity contribution in [3.05, 3.63) is 48.3 Å². The predicted molar refractivity (Wildman–Crippen MR) is 150 cm³/mol. The minimum atomic E-state index is -0.611. The zero-order chi connectivity index (χ0) is 27.0. The van der Waals surface area contributed by atoms with Crippen LogP contribution in [0, 0.1) is 11.6 Å². The van der Waals surface area contributed by atoms with Gasteiger partial charge in [-0.25, -0.2) is 23.7 Å². The van der Waals surface area contributed by atoms with Crippen molar-refractivity contribution in [3.8, 4) is 11.3 Å². The fraction of sp³-hybridized carbons (Fsp3) is 0.464. The van der Waals surface area contributed by atoms with E-state index in [1.54, 1.807) is 0 Å². The molecule has 0 radical (unpaired) electrons. The SMILES string of the molecule is CC(C)N1CCN(C)c2c(F)cc(-c3nc(Nc4ccc(N5CCC(N(C)C)CC5)cn4)ncc3F)cc21. The maximum absolute atomic E-state index is 15.3. The van der Waals surface area contributed by atoms with Crippen molar-refractivity contribution in [2.75, 3.05) is 67.3 Å². The van der Waals surface area contributed by atoms with E-state index in [9.17, 15) is 4.39 Å². The first-order chi connectivity index (χ1) is 18.2. The van der Waals surface area contributed by atoms with Crippen LogP contribution in [-0.2, 0) is 0 Å². The van der Waals surface area contributed by atoms with Gasteiger partial charge < -0.3 is 24.9 Å². The average molecular weight is 523 g/mol. The van der Waals surface area contributed by atoms with Crippen LogP contribution in [0.2, 0.25) is 0 Å². The van der Waals surface area contributed by atoms with Gasteiger partial charge in [-0.05, 0) is 65.0 Å². The molecule has 0 bridgehead atoms. The molecule has 202 valence electrons. The number of nitrogens with zero attached hydrogens (tertiary/aromatic N) is 7. The van der Waals surface area contributed by atoms with E-state index in [0.717, 1.165) is 56.6 Å². The highest BCUT2D eigenvalue weighted by Crippen LogP contribution is 2.39. The van der Waals surface area contributed by atoms with E-state index in [1.807, 2.05) is 36.3 Å². The fourth-order valence-electron chi connectivity index (χ4n) is 5.38. The molecule has 0 spiro atoms. The van der Waals surface area contributed by atoms with Crippen LogP contribution in [0.4, 0.5) is 37.6 Å². The number of fused-ring (bicyclic) bond motifs is 1. The van der Waals surface area contributed by atoms with Crippen molar-refractivity contribution in [1.29, 1.82) is 0 Å². The molecule has 2 aliphatic heterocycles. The quantitative estimate of drug-likeness (QED) is 0.498. The lowest BCUT2D eigenvalue weighted by Crippen LogP contribution is -2.43. The highest BCUT2D eigenvalue weighted by Gasteiger charge is 2.27. The van der Waals surface area contributed by atoms with Gasteiger partial charge in [-0.15, -0.1) is 0 Å². The molecule has 1 N–H and O–H groups in total. The van der Waals surface area contributed by atoms with Crippen LogP contribution in [0.15, 0.2) is 36.7 Å². The Hall–Kier alpha value is -3.53. The number of rotatable bonds is 6. The van der Waals surface area contributed by atoms with Gasteiger partial charge in [-0.1, -0.05) is 0 Å². The topological polar surface area (TPSA) is 63.7 Å². The summed E-state index contributed by atoms with van der Waals surface area (Å²) < 4.78 is 30.2. The Bertz CT molecular complexity index is 1270. The number of hydrogen-bond donors (Lipinski definition) is 1. The first-order valence-electron chi connectivity index (χ1n) is 13.2. The minimum absolute atomic E-state index is 0.0431. The molecule has 0 amide bonds. The molecule has 38 heavy (non-hydrogen) atoms. The van der Waals surface area contributed by atoms with Gasteiger partial charge >= 0.3 is 0 Å². The summed E-state index contributed by atoms with van der Waals surface area (Å²) in [6, 6.07) is 7.85. The van der Waals surface area contributed by atoms with Crippen LogP contribution >= 0.6 is 0 Å². The van der Waals surface area contributed by atoms with Gasteiger partial charge in [0.05, 0.1) is 29.5 Å². The standard InChI is InChI=1S/C28H36F2N8/c1-18(2)38-13-12-36(5)27-22(29)14-19(15-24(27)38)26-23(30)17-32-28(34-26)33-25-7-6-21(16-31-25)37-10-8-20(9-11-37)35(3)4/h6-7,14-18,20H,8-13H2,1-5H3,(H,31,32,33,34). The maximum atomic E-state index is 15.3. The van der Waals surface area contributed by atoms with E-state index in [1.165, 1.54) is 6.07 Å². The van der Waals surface area contributed by atoms with Crippen molar-refractivity contribution in [1.82, 2.24) is 19.9 Å². The van der Waals surface area contributed by atoms with Gasteiger partial charge in [0, 0.05) is 50.9 Å². The van der Waals surface area contributed by atoms with Crippen LogP contribution in [0.5, 0.6) is 0 Å². The summed E-state index contributed by atoms with van der Waals surface area (Å²) in [7, 11) is 6.13. The molecule has 0 atom stereocenters. The second kappa shape index (κ2) is 10.7. The van der Waals surface area contributed by atoms with Gasteiger partial charge in [0.1, 0.15) is 17.3 Å². The Morgan fingerprint density at radius 2 is 1.74 bits per heavy atom. The molecule has 0 unspecified atom stereocenters. The van der Waals surface area contributed by atoms with Crippen LogP contribution in [0.25, 0.3) is 11.3 Å². The number of likely N-dealkylation sites (N-methyl/N-ethyl adjacent to an activating group) is 1. The Kier molecular flexibility index (Phi) is 7.34. The van der Waals surface area contributed by atoms with Gasteiger partial charge in [0.15, 0.2) is 5.82 Å². The molecule has 2 aromatic heterocycles. The lowest BCUT2D eigenvalue weighted by molar-refractivity contribution is 0.249. The molecule has 2 aliphatic rings. The van der Waals surface area contributed by atoms with E-state index < -0.39 is 11.6 Å². The summed E-state index contributed by atoms with van der Waals surface area (Å²) in [5.74, 6) is -0.257. The van der Waals surface area contributed by atoms with Crippen molar-refractivity contribution >= 4 is 28.8 Å². The lowest BCUT2D eigenvalue weighted by atomic mass is 10.0. The third-order valence-electron chi connectivity index (χ3n) is 7.60. The van der Waals surface area contributed by atoms with Crippen LogP contribution < -0.4 is 20.0 Å². The number of benzene rings is 1. The van der Waals surface area contributed by atoms with Crippen LogP contribution in [0.1, 0.15) is 26.7 Å². The van der Waals surface area contributed by atoms with Crippen LogP contribution in [-0.4, -0.2) is 79.3 Å². The molecule has 1 saturated heterocycles. The molecule has 5 rings (SSSR count). The van der Waals surface area contributed by atoms with Crippen molar-refractivity contribution in [2.45, 2.75) is 38.8 Å². The number of pyridine rings is 1. The summed E-state index contributed by atoms with van der Waals surface area (Å²) in [4.78, 5) is 21.7. The monoisotopic (exact) mass is 522 g/mol. The third kappa shape index (κ3) is 5.22. The summed E-state index contributed by atoms with van der Waals surface area (Å²) in [5.41, 5.74) is 2.74. The average Bonchev–Trinajstić information content (AvgIpc) is 2.90. The van der Waals surface area contributed by atoms with Crippen LogP contribution in [0.3, 0.4) is 0 Å². The second-order valence-electron chi connectivity index (χ2n) is 10.6. The number of aromatic nitrogens is 3. The lowest BCUT2D eigenvalue weighted by Gasteiger charge is -2.39. The molecule has 3 aromatic rings. The number of nitrogens with one attached hydrogen (secondary N) is 1. The van der Waals surface area contributed by atoms with E-state index in [4.69, 9.17) is 0 Å². The summed E-state index contributed by atoms with van der Waals surface area (Å²) in [6.45, 7) is 7.59. The van der Waals surface area contributed by atoms with Crippen molar-refractivity contribution < 1.29 is 8.78 Å². The third-order valence-corrected chi connectivity index (χ3v) is 7.60. The number of piperidine rings is 1. The van der Waals surface area contributed by atoms with E-state index in [0.29, 0.717) is 23.1 Å². The molecular formula is C28H36F2N8. The van der Waals surface area contributed by atoms with Crippen molar-refractivity contribution in [3.63, 3.8) is 0 Å². The van der Waals surface area contributed by atoms with E-state index in [2.05, 4.69) is 62.9 Å². The Balaban J connectivity index is 1.36. The summed E-state index contributed by atoms with van der Waals surface area (Å²) in [5, 5.41) is 3.07. The fourth-order valence-corrected chi connectivity index (χ4v) is 5.38. The molecule has 10 heteroatoms. The molecule has 0 aliphatic carbocycles. The zero-order valence-electron chi connectivity index (χ0n) is 22.7. The van der Waals surface area contributed by atoms with Gasteiger partial charge in [-0.2, -0.15) is 0 Å². The maximum Gasteiger partial charge on any atom is 0.229 e. The number of hydrogen-bond acceptors (Lipinski definition) is 8. The molecule has 1 aromatic carbocycles. The Morgan fingerprint density at radius 3 is 2.39 bits per heavy atom. The predicted octanol–water partition coefficient (Wildman–Crippen LogP) is 4.76. The van der Waals surface area contributed by atoms with Gasteiger partial charge in [0.2, 0.25) is 5.95 Å². The zero-order valence-corrected chi connectivity index (χ0v) is 22.7.